The van der Waals surface area contributed by atoms with Gasteiger partial charge in [-0.25, -0.2) is 0 Å². The lowest BCUT2D eigenvalue weighted by Crippen LogP contribution is -2.46. The van der Waals surface area contributed by atoms with Crippen molar-refractivity contribution in [3.05, 3.63) is 29.6 Å². The molecule has 0 radical (unpaired) electrons. The Morgan fingerprint density at radius 3 is 3.00 bits per heavy atom. The summed E-state index contributed by atoms with van der Waals surface area (Å²) in [7, 11) is 2.12. The number of amides is 1. The van der Waals surface area contributed by atoms with Gasteiger partial charge in [-0.2, -0.15) is 0 Å². The summed E-state index contributed by atoms with van der Waals surface area (Å²) in [5.41, 5.74) is 1.51. The summed E-state index contributed by atoms with van der Waals surface area (Å²) >= 11 is 0. The standard InChI is InChI=1S/C15H21N3O2/c1-11-4-3-5-16-14(11)15(19)18-7-12-6-17(2)8-13(18)10-20-9-12/h3-5,12-13H,6-10H2,1-2H3/t12-,13-/m0/s1. The lowest BCUT2D eigenvalue weighted by molar-refractivity contribution is 0.0480. The van der Waals surface area contributed by atoms with Crippen molar-refractivity contribution in [3.63, 3.8) is 0 Å². The Hall–Kier alpha value is -1.46. The minimum absolute atomic E-state index is 0.0406. The van der Waals surface area contributed by atoms with Crippen LogP contribution in [0.3, 0.4) is 0 Å². The fourth-order valence-corrected chi connectivity index (χ4v) is 3.17. The van der Waals surface area contributed by atoms with Crippen LogP contribution in [-0.4, -0.2) is 66.6 Å². The molecule has 20 heavy (non-hydrogen) atoms. The van der Waals surface area contributed by atoms with E-state index >= 15 is 0 Å². The molecule has 2 aliphatic rings. The number of aromatic nitrogens is 1. The number of hydrogen-bond donors (Lipinski definition) is 0. The van der Waals surface area contributed by atoms with E-state index < -0.39 is 0 Å². The molecule has 2 bridgehead atoms. The molecule has 0 spiro atoms. The molecule has 2 fully saturated rings. The third-order valence-electron chi connectivity index (χ3n) is 4.12. The Bertz CT molecular complexity index is 506. The van der Waals surface area contributed by atoms with Crippen molar-refractivity contribution in [3.8, 4) is 0 Å². The fourth-order valence-electron chi connectivity index (χ4n) is 3.17. The van der Waals surface area contributed by atoms with Crippen LogP contribution in [0.1, 0.15) is 16.1 Å². The normalized spacial score (nSPS) is 27.2. The predicted molar refractivity (Wildman–Crippen MR) is 75.6 cm³/mol. The molecule has 0 aromatic carbocycles. The zero-order chi connectivity index (χ0) is 14.1. The Morgan fingerprint density at radius 1 is 1.35 bits per heavy atom. The molecule has 108 valence electrons. The van der Waals surface area contributed by atoms with E-state index in [9.17, 15) is 4.79 Å². The van der Waals surface area contributed by atoms with Crippen molar-refractivity contribution in [2.24, 2.45) is 5.92 Å². The Morgan fingerprint density at radius 2 is 2.20 bits per heavy atom. The summed E-state index contributed by atoms with van der Waals surface area (Å²) in [6, 6.07) is 3.93. The molecule has 5 heteroatoms. The van der Waals surface area contributed by atoms with Crippen molar-refractivity contribution in [1.82, 2.24) is 14.8 Å². The van der Waals surface area contributed by atoms with Crippen molar-refractivity contribution in [1.29, 1.82) is 0 Å². The molecule has 3 rings (SSSR count). The maximum Gasteiger partial charge on any atom is 0.273 e. The molecule has 5 nitrogen and oxygen atoms in total. The summed E-state index contributed by atoms with van der Waals surface area (Å²) in [4.78, 5) is 21.4. The highest BCUT2D eigenvalue weighted by Gasteiger charge is 2.35. The fraction of sp³-hybridized carbons (Fsp3) is 0.600. The molecular weight excluding hydrogens is 254 g/mol. The number of fused-ring (bicyclic) bond motifs is 3. The van der Waals surface area contributed by atoms with Crippen molar-refractivity contribution in [2.75, 3.05) is 39.9 Å². The molecule has 0 unspecified atom stereocenters. The van der Waals surface area contributed by atoms with Gasteiger partial charge in [-0.05, 0) is 25.6 Å². The first-order chi connectivity index (χ1) is 9.65. The first-order valence-corrected chi connectivity index (χ1v) is 7.14. The number of ether oxygens (including phenoxy) is 1. The van der Waals surface area contributed by atoms with E-state index in [-0.39, 0.29) is 11.9 Å². The van der Waals surface area contributed by atoms with E-state index in [0.29, 0.717) is 18.2 Å². The molecule has 2 aliphatic heterocycles. The number of likely N-dealkylation sites (N-methyl/N-ethyl adjacent to an activating group) is 1. The van der Waals surface area contributed by atoms with Gasteiger partial charge in [0.15, 0.2) is 0 Å². The highest BCUT2D eigenvalue weighted by Crippen LogP contribution is 2.21. The molecule has 1 aromatic heterocycles. The predicted octanol–water partition coefficient (Wildman–Crippen LogP) is 0.793. The molecule has 0 N–H and O–H groups in total. The van der Waals surface area contributed by atoms with E-state index in [0.717, 1.165) is 31.8 Å². The first-order valence-electron chi connectivity index (χ1n) is 7.14. The minimum Gasteiger partial charge on any atom is -0.379 e. The number of carbonyl (C=O) groups excluding carboxylic acids is 1. The van der Waals surface area contributed by atoms with Gasteiger partial charge < -0.3 is 14.5 Å². The minimum atomic E-state index is 0.0406. The summed E-state index contributed by atoms with van der Waals surface area (Å²) < 4.78 is 5.72. The van der Waals surface area contributed by atoms with Crippen molar-refractivity contribution in [2.45, 2.75) is 13.0 Å². The zero-order valence-electron chi connectivity index (χ0n) is 12.1. The van der Waals surface area contributed by atoms with Crippen LogP contribution in [0.4, 0.5) is 0 Å². The van der Waals surface area contributed by atoms with Crippen LogP contribution in [0.5, 0.6) is 0 Å². The van der Waals surface area contributed by atoms with Crippen LogP contribution in [-0.2, 0) is 4.74 Å². The van der Waals surface area contributed by atoms with Gasteiger partial charge in [-0.1, -0.05) is 6.07 Å². The lowest BCUT2D eigenvalue weighted by atomic mass is 10.1. The second-order valence-electron chi connectivity index (χ2n) is 5.90. The van der Waals surface area contributed by atoms with Gasteiger partial charge in [0.1, 0.15) is 5.69 Å². The van der Waals surface area contributed by atoms with Gasteiger partial charge in [-0.15, -0.1) is 0 Å². The molecule has 1 amide bonds. The maximum atomic E-state index is 12.8. The van der Waals surface area contributed by atoms with E-state index in [1.165, 1.54) is 0 Å². The van der Waals surface area contributed by atoms with E-state index in [2.05, 4.69) is 16.9 Å². The van der Waals surface area contributed by atoms with Crippen LogP contribution in [0.2, 0.25) is 0 Å². The molecule has 3 heterocycles. The Labute approximate surface area is 119 Å². The van der Waals surface area contributed by atoms with E-state index in [1.54, 1.807) is 6.20 Å². The molecule has 2 atom stereocenters. The second-order valence-corrected chi connectivity index (χ2v) is 5.90. The topological polar surface area (TPSA) is 45.7 Å². The van der Waals surface area contributed by atoms with Gasteiger partial charge in [0.05, 0.1) is 19.3 Å². The van der Waals surface area contributed by atoms with Crippen LogP contribution >= 0.6 is 0 Å². The number of nitrogens with zero attached hydrogens (tertiary/aromatic N) is 3. The number of hydrogen-bond acceptors (Lipinski definition) is 4. The van der Waals surface area contributed by atoms with Crippen molar-refractivity contribution < 1.29 is 9.53 Å². The van der Waals surface area contributed by atoms with Gasteiger partial charge in [0.25, 0.3) is 5.91 Å². The van der Waals surface area contributed by atoms with Crippen LogP contribution in [0.15, 0.2) is 18.3 Å². The highest BCUT2D eigenvalue weighted by atomic mass is 16.5. The molecule has 1 aromatic rings. The Balaban J connectivity index is 1.89. The first kappa shape index (κ1) is 13.5. The zero-order valence-corrected chi connectivity index (χ0v) is 12.1. The van der Waals surface area contributed by atoms with Crippen LogP contribution in [0.25, 0.3) is 0 Å². The highest BCUT2D eigenvalue weighted by molar-refractivity contribution is 5.94. The number of pyridine rings is 1. The number of rotatable bonds is 1. The van der Waals surface area contributed by atoms with Gasteiger partial charge in [0, 0.05) is 31.7 Å². The van der Waals surface area contributed by atoms with E-state index in [4.69, 9.17) is 4.74 Å². The smallest absolute Gasteiger partial charge is 0.273 e. The molecule has 2 saturated heterocycles. The van der Waals surface area contributed by atoms with E-state index in [1.807, 2.05) is 24.0 Å². The van der Waals surface area contributed by atoms with Gasteiger partial charge in [-0.3, -0.25) is 9.78 Å². The second kappa shape index (κ2) is 5.50. The average Bonchev–Trinajstić information content (AvgIpc) is 2.68. The van der Waals surface area contributed by atoms with Crippen LogP contribution in [0, 0.1) is 12.8 Å². The van der Waals surface area contributed by atoms with Crippen molar-refractivity contribution >= 4 is 5.91 Å². The number of aryl methyl sites for hydroxylation is 1. The van der Waals surface area contributed by atoms with Gasteiger partial charge in [0.2, 0.25) is 0 Å². The lowest BCUT2D eigenvalue weighted by Gasteiger charge is -2.29. The van der Waals surface area contributed by atoms with Gasteiger partial charge >= 0.3 is 0 Å². The number of carbonyl (C=O) groups is 1. The molecular formula is C15H21N3O2. The third kappa shape index (κ3) is 2.55. The summed E-state index contributed by atoms with van der Waals surface area (Å²) in [6.45, 7) is 5.93. The van der Waals surface area contributed by atoms with Crippen LogP contribution < -0.4 is 0 Å². The molecule has 0 aliphatic carbocycles. The Kier molecular flexibility index (Phi) is 3.72. The molecule has 0 saturated carbocycles. The maximum absolute atomic E-state index is 12.8. The largest absolute Gasteiger partial charge is 0.379 e. The third-order valence-corrected chi connectivity index (χ3v) is 4.12. The monoisotopic (exact) mass is 275 g/mol. The summed E-state index contributed by atoms with van der Waals surface area (Å²) in [6.07, 6.45) is 1.69. The average molecular weight is 275 g/mol. The summed E-state index contributed by atoms with van der Waals surface area (Å²) in [5.74, 6) is 0.430. The summed E-state index contributed by atoms with van der Waals surface area (Å²) in [5, 5.41) is 0. The SMILES string of the molecule is Cc1cccnc1C(=O)N1C[C@H]2COC[C@@H]1CN(C)C2. The quantitative estimate of drug-likeness (QED) is 0.760.